The summed E-state index contributed by atoms with van der Waals surface area (Å²) in [5.74, 6) is -0.720. The molecule has 2 rings (SSSR count). The SMILES string of the molecule is COC[C@H](C)OC(=O)/C(C#N)=C/c1cc2ccc(C)cc2nc1Cl. The quantitative estimate of drug-likeness (QED) is 0.358. The van der Waals surface area contributed by atoms with E-state index >= 15 is 0 Å². The third-order valence-electron chi connectivity index (χ3n) is 3.30. The van der Waals surface area contributed by atoms with Gasteiger partial charge in [-0.15, -0.1) is 0 Å². The van der Waals surface area contributed by atoms with Gasteiger partial charge in [-0.1, -0.05) is 23.7 Å². The zero-order chi connectivity index (χ0) is 17.7. The molecule has 124 valence electrons. The highest BCUT2D eigenvalue weighted by molar-refractivity contribution is 6.31. The molecule has 0 N–H and O–H groups in total. The monoisotopic (exact) mass is 344 g/mol. The first-order chi connectivity index (χ1) is 11.4. The molecular weight excluding hydrogens is 328 g/mol. The summed E-state index contributed by atoms with van der Waals surface area (Å²) in [6, 6.07) is 9.41. The van der Waals surface area contributed by atoms with Crippen LogP contribution in [-0.2, 0) is 14.3 Å². The van der Waals surface area contributed by atoms with Crippen molar-refractivity contribution in [2.45, 2.75) is 20.0 Å². The average molecular weight is 345 g/mol. The van der Waals surface area contributed by atoms with Gasteiger partial charge in [-0.2, -0.15) is 5.26 Å². The summed E-state index contributed by atoms with van der Waals surface area (Å²) >= 11 is 6.18. The van der Waals surface area contributed by atoms with Crippen molar-refractivity contribution >= 4 is 34.5 Å². The minimum atomic E-state index is -0.720. The molecule has 5 nitrogen and oxygen atoms in total. The number of halogens is 1. The Balaban J connectivity index is 2.35. The molecular formula is C18H17ClN2O3. The van der Waals surface area contributed by atoms with E-state index < -0.39 is 12.1 Å². The second-order valence-corrected chi connectivity index (χ2v) is 5.76. The Morgan fingerprint density at radius 2 is 2.21 bits per heavy atom. The second kappa shape index (κ2) is 7.91. The van der Waals surface area contributed by atoms with Gasteiger partial charge < -0.3 is 9.47 Å². The van der Waals surface area contributed by atoms with Crippen LogP contribution in [0.25, 0.3) is 17.0 Å². The minimum Gasteiger partial charge on any atom is -0.456 e. The van der Waals surface area contributed by atoms with Crippen LogP contribution in [0.4, 0.5) is 0 Å². The average Bonchev–Trinajstić information content (AvgIpc) is 2.52. The Kier molecular flexibility index (Phi) is 5.91. The molecule has 1 aromatic heterocycles. The van der Waals surface area contributed by atoms with E-state index in [1.807, 2.05) is 31.2 Å². The lowest BCUT2D eigenvalue weighted by molar-refractivity contribution is -0.145. The van der Waals surface area contributed by atoms with Gasteiger partial charge >= 0.3 is 5.97 Å². The number of pyridine rings is 1. The van der Waals surface area contributed by atoms with Crippen LogP contribution in [0, 0.1) is 18.3 Å². The van der Waals surface area contributed by atoms with Gasteiger partial charge in [-0.3, -0.25) is 0 Å². The third-order valence-corrected chi connectivity index (χ3v) is 3.61. The Hall–Kier alpha value is -2.42. The topological polar surface area (TPSA) is 72.2 Å². The lowest BCUT2D eigenvalue weighted by Gasteiger charge is -2.11. The molecule has 0 aliphatic carbocycles. The number of rotatable bonds is 5. The van der Waals surface area contributed by atoms with E-state index in [-0.39, 0.29) is 17.3 Å². The van der Waals surface area contributed by atoms with Crippen molar-refractivity contribution < 1.29 is 14.3 Å². The van der Waals surface area contributed by atoms with Gasteiger partial charge in [0.25, 0.3) is 0 Å². The van der Waals surface area contributed by atoms with Crippen molar-refractivity contribution in [3.8, 4) is 6.07 Å². The van der Waals surface area contributed by atoms with Crippen molar-refractivity contribution in [2.75, 3.05) is 13.7 Å². The minimum absolute atomic E-state index is 0.145. The number of aryl methyl sites for hydroxylation is 1. The number of nitrogens with zero attached hydrogens (tertiary/aromatic N) is 2. The van der Waals surface area contributed by atoms with E-state index in [0.29, 0.717) is 5.56 Å². The van der Waals surface area contributed by atoms with Crippen LogP contribution < -0.4 is 0 Å². The number of carbonyl (C=O) groups is 1. The number of esters is 1. The fraction of sp³-hybridized carbons (Fsp3) is 0.278. The number of carbonyl (C=O) groups excluding carboxylic acids is 1. The molecule has 1 heterocycles. The first-order valence-electron chi connectivity index (χ1n) is 7.33. The number of hydrogen-bond donors (Lipinski definition) is 0. The van der Waals surface area contributed by atoms with E-state index in [4.69, 9.17) is 21.1 Å². The molecule has 0 saturated heterocycles. The first kappa shape index (κ1) is 17.9. The molecule has 0 bridgehead atoms. The van der Waals surface area contributed by atoms with Crippen LogP contribution in [0.15, 0.2) is 29.8 Å². The maximum atomic E-state index is 12.1. The fourth-order valence-corrected chi connectivity index (χ4v) is 2.38. The maximum Gasteiger partial charge on any atom is 0.349 e. The Morgan fingerprint density at radius 1 is 1.46 bits per heavy atom. The van der Waals surface area contributed by atoms with E-state index in [0.717, 1.165) is 16.5 Å². The molecule has 0 saturated carbocycles. The Bertz CT molecular complexity index is 840. The number of hydrogen-bond acceptors (Lipinski definition) is 5. The smallest absolute Gasteiger partial charge is 0.349 e. The van der Waals surface area contributed by atoms with Crippen LogP contribution in [0.3, 0.4) is 0 Å². The predicted octanol–water partition coefficient (Wildman–Crippen LogP) is 3.68. The van der Waals surface area contributed by atoms with Crippen molar-refractivity contribution in [2.24, 2.45) is 0 Å². The zero-order valence-corrected chi connectivity index (χ0v) is 14.4. The molecule has 0 aliphatic heterocycles. The zero-order valence-electron chi connectivity index (χ0n) is 13.7. The number of methoxy groups -OCH3 is 1. The highest BCUT2D eigenvalue weighted by Crippen LogP contribution is 2.23. The standard InChI is InChI=1S/C18H17ClN2O3/c1-11-4-5-13-7-14(17(19)21-16(13)6-11)8-15(9-20)18(22)24-12(2)10-23-3/h4-8,12H,10H2,1-3H3/b15-8+/t12-/m0/s1. The number of fused-ring (bicyclic) bond motifs is 1. The van der Waals surface area contributed by atoms with E-state index in [1.54, 1.807) is 13.0 Å². The molecule has 0 unspecified atom stereocenters. The Labute approximate surface area is 145 Å². The van der Waals surface area contributed by atoms with Crippen LogP contribution in [0.1, 0.15) is 18.1 Å². The Morgan fingerprint density at radius 3 is 2.88 bits per heavy atom. The molecule has 0 amide bonds. The lowest BCUT2D eigenvalue weighted by atomic mass is 10.1. The highest BCUT2D eigenvalue weighted by Gasteiger charge is 2.16. The van der Waals surface area contributed by atoms with Crippen molar-refractivity contribution in [1.29, 1.82) is 5.26 Å². The van der Waals surface area contributed by atoms with Crippen LogP contribution in [0.2, 0.25) is 5.15 Å². The number of benzene rings is 1. The van der Waals surface area contributed by atoms with Gasteiger partial charge in [0.15, 0.2) is 0 Å². The van der Waals surface area contributed by atoms with E-state index in [2.05, 4.69) is 4.98 Å². The molecule has 2 aromatic rings. The van der Waals surface area contributed by atoms with Gasteiger partial charge in [-0.25, -0.2) is 9.78 Å². The van der Waals surface area contributed by atoms with Gasteiger partial charge in [0.1, 0.15) is 22.9 Å². The van der Waals surface area contributed by atoms with Crippen molar-refractivity contribution in [3.63, 3.8) is 0 Å². The fourth-order valence-electron chi connectivity index (χ4n) is 2.18. The number of aromatic nitrogens is 1. The number of nitriles is 1. The lowest BCUT2D eigenvalue weighted by Crippen LogP contribution is -2.20. The van der Waals surface area contributed by atoms with Gasteiger partial charge in [-0.05, 0) is 37.6 Å². The van der Waals surface area contributed by atoms with Crippen LogP contribution in [0.5, 0.6) is 0 Å². The highest BCUT2D eigenvalue weighted by atomic mass is 35.5. The van der Waals surface area contributed by atoms with E-state index in [9.17, 15) is 10.1 Å². The van der Waals surface area contributed by atoms with Gasteiger partial charge in [0.05, 0.1) is 12.1 Å². The van der Waals surface area contributed by atoms with Crippen LogP contribution >= 0.6 is 11.6 Å². The van der Waals surface area contributed by atoms with Gasteiger partial charge in [0.2, 0.25) is 0 Å². The molecule has 0 spiro atoms. The first-order valence-corrected chi connectivity index (χ1v) is 7.71. The molecule has 0 radical (unpaired) electrons. The maximum absolute atomic E-state index is 12.1. The summed E-state index contributed by atoms with van der Waals surface area (Å²) in [4.78, 5) is 16.4. The van der Waals surface area contributed by atoms with Crippen molar-refractivity contribution in [3.05, 3.63) is 46.1 Å². The van der Waals surface area contributed by atoms with E-state index in [1.165, 1.54) is 13.2 Å². The molecule has 24 heavy (non-hydrogen) atoms. The summed E-state index contributed by atoms with van der Waals surface area (Å²) in [6.45, 7) is 3.90. The summed E-state index contributed by atoms with van der Waals surface area (Å²) in [5.41, 5.74) is 2.17. The molecule has 0 fully saturated rings. The van der Waals surface area contributed by atoms with Crippen molar-refractivity contribution in [1.82, 2.24) is 4.98 Å². The summed E-state index contributed by atoms with van der Waals surface area (Å²) < 4.78 is 10.0. The molecule has 0 aliphatic rings. The number of ether oxygens (including phenoxy) is 2. The van der Waals surface area contributed by atoms with Crippen LogP contribution in [-0.4, -0.2) is 30.8 Å². The summed E-state index contributed by atoms with van der Waals surface area (Å²) in [6.07, 6.45) is 0.934. The normalized spacial score (nSPS) is 12.7. The molecule has 1 atom stereocenters. The largest absolute Gasteiger partial charge is 0.456 e. The van der Waals surface area contributed by atoms with Gasteiger partial charge in [0, 0.05) is 18.1 Å². The predicted molar refractivity (Wildman–Crippen MR) is 92.5 cm³/mol. The summed E-state index contributed by atoms with van der Waals surface area (Å²) in [5, 5.41) is 10.3. The second-order valence-electron chi connectivity index (χ2n) is 5.41. The third kappa shape index (κ3) is 4.31. The summed E-state index contributed by atoms with van der Waals surface area (Å²) in [7, 11) is 1.51. The molecule has 1 aromatic carbocycles. The molecule has 6 heteroatoms.